The Hall–Kier alpha value is -1.53. The van der Waals surface area contributed by atoms with Crippen LogP contribution in [0.4, 0.5) is 0 Å². The van der Waals surface area contributed by atoms with Crippen LogP contribution in [-0.4, -0.2) is 9.78 Å². The highest BCUT2D eigenvalue weighted by molar-refractivity contribution is 6.35. The fourth-order valence-electron chi connectivity index (χ4n) is 2.41. The van der Waals surface area contributed by atoms with Crippen molar-refractivity contribution in [2.45, 2.75) is 39.0 Å². The number of aryl methyl sites for hydroxylation is 2. The fourth-order valence-corrected chi connectivity index (χ4v) is 2.67. The number of aromatic nitrogens is 2. The first-order valence-electron chi connectivity index (χ1n) is 6.37. The minimum Gasteiger partial charge on any atom is -0.267 e. The SMILES string of the molecule is Cn1nc(CCC#N)c2c(Cl)ccc(C(C)(C)C)c21. The van der Waals surface area contributed by atoms with Gasteiger partial charge >= 0.3 is 0 Å². The van der Waals surface area contributed by atoms with Gasteiger partial charge in [0.25, 0.3) is 0 Å². The largest absolute Gasteiger partial charge is 0.267 e. The van der Waals surface area contributed by atoms with Crippen LogP contribution in [0.3, 0.4) is 0 Å². The Morgan fingerprint density at radius 3 is 2.63 bits per heavy atom. The molecule has 0 aliphatic heterocycles. The van der Waals surface area contributed by atoms with Crippen molar-refractivity contribution < 1.29 is 0 Å². The van der Waals surface area contributed by atoms with Gasteiger partial charge in [0.2, 0.25) is 0 Å². The molecule has 2 rings (SSSR count). The summed E-state index contributed by atoms with van der Waals surface area (Å²) in [5.41, 5.74) is 3.25. The maximum absolute atomic E-state index is 8.74. The standard InChI is InChI=1S/C15H18ClN3/c1-15(2,3)10-7-8-11(16)13-12(6-5-9-17)18-19(4)14(10)13/h7-8H,5-6H2,1-4H3. The molecule has 1 aromatic heterocycles. The lowest BCUT2D eigenvalue weighted by molar-refractivity contribution is 0.590. The second-order valence-corrected chi connectivity index (χ2v) is 6.20. The highest BCUT2D eigenvalue weighted by Crippen LogP contribution is 2.35. The molecule has 0 radical (unpaired) electrons. The van der Waals surface area contributed by atoms with Crippen LogP contribution in [0.5, 0.6) is 0 Å². The molecule has 3 nitrogen and oxygen atoms in total. The van der Waals surface area contributed by atoms with Crippen LogP contribution >= 0.6 is 11.6 Å². The van der Waals surface area contributed by atoms with Crippen molar-refractivity contribution in [1.29, 1.82) is 5.26 Å². The molecule has 0 spiro atoms. The summed E-state index contributed by atoms with van der Waals surface area (Å²) in [5, 5.41) is 15.0. The smallest absolute Gasteiger partial charge is 0.0734 e. The maximum Gasteiger partial charge on any atom is 0.0734 e. The van der Waals surface area contributed by atoms with Gasteiger partial charge in [-0.3, -0.25) is 4.68 Å². The van der Waals surface area contributed by atoms with Gasteiger partial charge in [0.1, 0.15) is 0 Å². The molecule has 1 heterocycles. The Morgan fingerprint density at radius 2 is 2.05 bits per heavy atom. The zero-order chi connectivity index (χ0) is 14.2. The first kappa shape index (κ1) is 13.9. The summed E-state index contributed by atoms with van der Waals surface area (Å²) in [6.45, 7) is 6.53. The van der Waals surface area contributed by atoms with Gasteiger partial charge in [-0.1, -0.05) is 38.4 Å². The molecule has 19 heavy (non-hydrogen) atoms. The molecule has 0 bridgehead atoms. The van der Waals surface area contributed by atoms with Crippen molar-refractivity contribution in [2.24, 2.45) is 7.05 Å². The van der Waals surface area contributed by atoms with Gasteiger partial charge < -0.3 is 0 Å². The van der Waals surface area contributed by atoms with Gasteiger partial charge in [-0.05, 0) is 17.0 Å². The lowest BCUT2D eigenvalue weighted by Gasteiger charge is -2.21. The monoisotopic (exact) mass is 275 g/mol. The van der Waals surface area contributed by atoms with Gasteiger partial charge in [0, 0.05) is 25.3 Å². The van der Waals surface area contributed by atoms with Crippen LogP contribution in [0.2, 0.25) is 5.02 Å². The Kier molecular flexibility index (Phi) is 3.56. The van der Waals surface area contributed by atoms with E-state index in [0.29, 0.717) is 17.9 Å². The Morgan fingerprint density at radius 1 is 1.37 bits per heavy atom. The number of fused-ring (bicyclic) bond motifs is 1. The molecule has 0 atom stereocenters. The molecule has 0 fully saturated rings. The molecular weight excluding hydrogens is 258 g/mol. The van der Waals surface area contributed by atoms with Gasteiger partial charge in [0.15, 0.2) is 0 Å². The van der Waals surface area contributed by atoms with Crippen LogP contribution in [-0.2, 0) is 18.9 Å². The van der Waals surface area contributed by atoms with Crippen molar-refractivity contribution in [2.75, 3.05) is 0 Å². The van der Waals surface area contributed by atoms with E-state index in [4.69, 9.17) is 16.9 Å². The van der Waals surface area contributed by atoms with Crippen LogP contribution in [0.15, 0.2) is 12.1 Å². The second-order valence-electron chi connectivity index (χ2n) is 5.80. The molecule has 4 heteroatoms. The Bertz CT molecular complexity index is 657. The number of hydrogen-bond acceptors (Lipinski definition) is 2. The highest BCUT2D eigenvalue weighted by atomic mass is 35.5. The molecule has 2 aromatic rings. The third-order valence-corrected chi connectivity index (χ3v) is 3.61. The first-order valence-corrected chi connectivity index (χ1v) is 6.75. The molecule has 0 N–H and O–H groups in total. The number of benzene rings is 1. The average molecular weight is 276 g/mol. The second kappa shape index (κ2) is 4.86. The maximum atomic E-state index is 8.74. The van der Waals surface area contributed by atoms with Crippen LogP contribution < -0.4 is 0 Å². The van der Waals surface area contributed by atoms with E-state index < -0.39 is 0 Å². The van der Waals surface area contributed by atoms with E-state index in [9.17, 15) is 0 Å². The van der Waals surface area contributed by atoms with Crippen molar-refractivity contribution in [3.05, 3.63) is 28.4 Å². The molecule has 0 saturated heterocycles. The highest BCUT2D eigenvalue weighted by Gasteiger charge is 2.22. The number of hydrogen-bond donors (Lipinski definition) is 0. The van der Waals surface area contributed by atoms with E-state index >= 15 is 0 Å². The number of nitrogens with zero attached hydrogens (tertiary/aromatic N) is 3. The third kappa shape index (κ3) is 2.46. The van der Waals surface area contributed by atoms with Crippen LogP contribution in [0.25, 0.3) is 10.9 Å². The molecule has 0 amide bonds. The van der Waals surface area contributed by atoms with Crippen molar-refractivity contribution in [1.82, 2.24) is 9.78 Å². The third-order valence-electron chi connectivity index (χ3n) is 3.29. The van der Waals surface area contributed by atoms with Crippen molar-refractivity contribution in [3.8, 4) is 6.07 Å². The molecule has 0 aliphatic rings. The molecule has 0 unspecified atom stereocenters. The Balaban J connectivity index is 2.75. The van der Waals surface area contributed by atoms with Gasteiger partial charge in [-0.15, -0.1) is 0 Å². The van der Waals surface area contributed by atoms with Gasteiger partial charge in [-0.2, -0.15) is 10.4 Å². The topological polar surface area (TPSA) is 41.6 Å². The summed E-state index contributed by atoms with van der Waals surface area (Å²) < 4.78 is 1.88. The van der Waals surface area contributed by atoms with E-state index in [1.807, 2.05) is 17.8 Å². The Labute approximate surface area is 118 Å². The number of rotatable bonds is 2. The lowest BCUT2D eigenvalue weighted by atomic mass is 9.85. The van der Waals surface area contributed by atoms with Crippen LogP contribution in [0, 0.1) is 11.3 Å². The molecular formula is C15H18ClN3. The summed E-state index contributed by atoms with van der Waals surface area (Å²) in [6.07, 6.45) is 1.10. The zero-order valence-corrected chi connectivity index (χ0v) is 12.5. The minimum atomic E-state index is 0.0309. The van der Waals surface area contributed by atoms with Crippen molar-refractivity contribution in [3.63, 3.8) is 0 Å². The van der Waals surface area contributed by atoms with E-state index in [1.165, 1.54) is 5.56 Å². The predicted octanol–water partition coefficient (Wildman–Crippen LogP) is 3.98. The average Bonchev–Trinajstić information content (AvgIpc) is 2.64. The van der Waals surface area contributed by atoms with E-state index in [-0.39, 0.29) is 5.41 Å². The van der Waals surface area contributed by atoms with E-state index in [0.717, 1.165) is 16.6 Å². The minimum absolute atomic E-state index is 0.0309. The molecule has 0 saturated carbocycles. The number of nitriles is 1. The van der Waals surface area contributed by atoms with Gasteiger partial charge in [-0.25, -0.2) is 0 Å². The van der Waals surface area contributed by atoms with Gasteiger partial charge in [0.05, 0.1) is 22.3 Å². The van der Waals surface area contributed by atoms with E-state index in [1.54, 1.807) is 0 Å². The molecule has 0 aliphatic carbocycles. The lowest BCUT2D eigenvalue weighted by Crippen LogP contribution is -2.13. The fraction of sp³-hybridized carbons (Fsp3) is 0.467. The summed E-state index contributed by atoms with van der Waals surface area (Å²) in [5.74, 6) is 0. The molecule has 100 valence electrons. The normalized spacial score (nSPS) is 11.8. The quantitative estimate of drug-likeness (QED) is 0.832. The summed E-state index contributed by atoms with van der Waals surface area (Å²) >= 11 is 6.34. The zero-order valence-electron chi connectivity index (χ0n) is 11.8. The summed E-state index contributed by atoms with van der Waals surface area (Å²) in [4.78, 5) is 0. The van der Waals surface area contributed by atoms with Crippen LogP contribution in [0.1, 0.15) is 38.4 Å². The molecule has 1 aromatic carbocycles. The number of halogens is 1. The van der Waals surface area contributed by atoms with E-state index in [2.05, 4.69) is 38.0 Å². The van der Waals surface area contributed by atoms with Crippen molar-refractivity contribution >= 4 is 22.5 Å². The first-order chi connectivity index (χ1) is 8.86. The summed E-state index contributed by atoms with van der Waals surface area (Å²) in [7, 11) is 1.93. The predicted molar refractivity (Wildman–Crippen MR) is 78.4 cm³/mol. The summed E-state index contributed by atoms with van der Waals surface area (Å²) in [6, 6.07) is 6.16.